The van der Waals surface area contributed by atoms with Crippen LogP contribution in [0.4, 0.5) is 0 Å². The van der Waals surface area contributed by atoms with E-state index in [1.54, 1.807) is 0 Å². The van der Waals surface area contributed by atoms with Gasteiger partial charge in [-0.05, 0) is 6.42 Å². The van der Waals surface area contributed by atoms with Crippen LogP contribution in [-0.4, -0.2) is 35.2 Å². The monoisotopic (exact) mass is 143 g/mol. The largest absolute Gasteiger partial charge is 0.580 e. The van der Waals surface area contributed by atoms with E-state index in [0.717, 1.165) is 25.9 Å². The van der Waals surface area contributed by atoms with Gasteiger partial charge in [0.1, 0.15) is 6.61 Å². The molecular weight excluding hydrogens is 130 g/mol. The SMILES string of the molecule is [CH2-][OH+]CCN1CCCC1=O. The highest BCUT2D eigenvalue weighted by molar-refractivity contribution is 5.77. The van der Waals surface area contributed by atoms with E-state index < -0.39 is 0 Å². The maximum Gasteiger partial charge on any atom is 0.222 e. The molecule has 1 fully saturated rings. The lowest BCUT2D eigenvalue weighted by atomic mass is 10.4. The van der Waals surface area contributed by atoms with Crippen LogP contribution in [0, 0.1) is 7.11 Å². The molecule has 10 heavy (non-hydrogen) atoms. The van der Waals surface area contributed by atoms with Crippen LogP contribution >= 0.6 is 0 Å². The minimum atomic E-state index is 0.267. The van der Waals surface area contributed by atoms with Crippen LogP contribution in [0.2, 0.25) is 0 Å². The van der Waals surface area contributed by atoms with E-state index in [4.69, 9.17) is 0 Å². The molecule has 1 aliphatic heterocycles. The van der Waals surface area contributed by atoms with E-state index in [-0.39, 0.29) is 5.91 Å². The zero-order chi connectivity index (χ0) is 7.40. The molecule has 1 saturated heterocycles. The molecule has 1 N–H and O–H groups in total. The first kappa shape index (κ1) is 7.54. The first-order chi connectivity index (χ1) is 4.84. The third-order valence-corrected chi connectivity index (χ3v) is 1.70. The van der Waals surface area contributed by atoms with Gasteiger partial charge in [-0.15, -0.1) is 0 Å². The molecule has 1 amide bonds. The number of amides is 1. The van der Waals surface area contributed by atoms with Crippen molar-refractivity contribution in [3.05, 3.63) is 7.11 Å². The van der Waals surface area contributed by atoms with E-state index in [1.807, 2.05) is 4.90 Å². The highest BCUT2D eigenvalue weighted by atomic mass is 16.5. The van der Waals surface area contributed by atoms with Crippen LogP contribution in [0.3, 0.4) is 0 Å². The van der Waals surface area contributed by atoms with Gasteiger partial charge in [0.05, 0.1) is 6.54 Å². The molecule has 0 bridgehead atoms. The molecule has 1 aliphatic rings. The van der Waals surface area contributed by atoms with Crippen molar-refractivity contribution in [3.8, 4) is 0 Å². The van der Waals surface area contributed by atoms with Crippen LogP contribution in [0.1, 0.15) is 12.8 Å². The van der Waals surface area contributed by atoms with Gasteiger partial charge in [-0.3, -0.25) is 4.79 Å². The molecule has 0 aromatic rings. The normalized spacial score (nSPS) is 18.5. The van der Waals surface area contributed by atoms with E-state index >= 15 is 0 Å². The molecule has 0 radical (unpaired) electrons. The summed E-state index contributed by atoms with van der Waals surface area (Å²) in [7, 11) is 3.36. The molecule has 1 rings (SSSR count). The molecule has 3 nitrogen and oxygen atoms in total. The van der Waals surface area contributed by atoms with Gasteiger partial charge in [0, 0.05) is 13.0 Å². The lowest BCUT2D eigenvalue weighted by Crippen LogP contribution is -2.28. The van der Waals surface area contributed by atoms with Crippen molar-refractivity contribution in [2.75, 3.05) is 19.7 Å². The summed E-state index contributed by atoms with van der Waals surface area (Å²) in [5, 5.41) is 0. The average Bonchev–Trinajstić information content (AvgIpc) is 2.31. The minimum absolute atomic E-state index is 0.267. The number of nitrogens with zero attached hydrogens (tertiary/aromatic N) is 1. The van der Waals surface area contributed by atoms with Crippen LogP contribution in [0.15, 0.2) is 0 Å². The van der Waals surface area contributed by atoms with E-state index in [1.165, 1.54) is 0 Å². The van der Waals surface area contributed by atoms with Gasteiger partial charge >= 0.3 is 0 Å². The molecule has 0 saturated carbocycles. The third-order valence-electron chi connectivity index (χ3n) is 1.70. The molecule has 58 valence electrons. The molecule has 0 spiro atoms. The van der Waals surface area contributed by atoms with Gasteiger partial charge in [0.15, 0.2) is 0 Å². The summed E-state index contributed by atoms with van der Waals surface area (Å²) in [5.74, 6) is 0.267. The zero-order valence-electron chi connectivity index (χ0n) is 6.05. The fourth-order valence-electron chi connectivity index (χ4n) is 1.13. The molecular formula is C7H13NO2. The molecule has 0 aromatic carbocycles. The number of carbonyl (C=O) groups is 1. The van der Waals surface area contributed by atoms with Crippen LogP contribution in [0.25, 0.3) is 0 Å². The summed E-state index contributed by atoms with van der Waals surface area (Å²) in [5.41, 5.74) is 0. The Kier molecular flexibility index (Phi) is 2.68. The maximum atomic E-state index is 10.9. The first-order valence-corrected chi connectivity index (χ1v) is 3.55. The Labute approximate surface area is 61.0 Å². The summed E-state index contributed by atoms with van der Waals surface area (Å²) >= 11 is 0. The first-order valence-electron chi connectivity index (χ1n) is 3.55. The Morgan fingerprint density at radius 2 is 2.50 bits per heavy atom. The molecule has 0 atom stereocenters. The molecule has 1 heterocycles. The number of carbonyl (C=O) groups excluding carboxylic acids is 1. The van der Waals surface area contributed by atoms with Crippen molar-refractivity contribution in [1.82, 2.24) is 4.90 Å². The van der Waals surface area contributed by atoms with Gasteiger partial charge in [-0.25, -0.2) is 0 Å². The number of aliphatic hydroxyl groups is 2. The smallest absolute Gasteiger partial charge is 0.222 e. The summed E-state index contributed by atoms with van der Waals surface area (Å²) in [4.78, 5) is 12.8. The van der Waals surface area contributed by atoms with Crippen molar-refractivity contribution in [1.29, 1.82) is 0 Å². The van der Waals surface area contributed by atoms with Gasteiger partial charge < -0.3 is 9.64 Å². The Balaban J connectivity index is 2.20. The summed E-state index contributed by atoms with van der Waals surface area (Å²) in [6.45, 7) is 2.34. The second-order valence-corrected chi connectivity index (χ2v) is 2.43. The van der Waals surface area contributed by atoms with E-state index in [2.05, 4.69) is 11.8 Å². The van der Waals surface area contributed by atoms with Crippen LogP contribution < -0.4 is 0 Å². The number of ether oxygens (including phenoxy) is 1. The third kappa shape index (κ3) is 1.70. The van der Waals surface area contributed by atoms with Gasteiger partial charge in [0.25, 0.3) is 0 Å². The Hall–Kier alpha value is -0.570. The van der Waals surface area contributed by atoms with Crippen molar-refractivity contribution >= 4 is 5.91 Å². The second kappa shape index (κ2) is 3.56. The number of likely N-dealkylation sites (tertiary alicyclic amines) is 1. The molecule has 0 unspecified atom stereocenters. The zero-order valence-corrected chi connectivity index (χ0v) is 6.05. The fourth-order valence-corrected chi connectivity index (χ4v) is 1.13. The molecule has 0 aromatic heterocycles. The van der Waals surface area contributed by atoms with Gasteiger partial charge in [-0.1, -0.05) is 7.11 Å². The van der Waals surface area contributed by atoms with Crippen molar-refractivity contribution < 1.29 is 9.53 Å². The Morgan fingerprint density at radius 3 is 3.00 bits per heavy atom. The highest BCUT2D eigenvalue weighted by Gasteiger charge is 2.19. The van der Waals surface area contributed by atoms with E-state index in [0.29, 0.717) is 6.61 Å². The topological polar surface area (TPSA) is 33.1 Å². The van der Waals surface area contributed by atoms with Gasteiger partial charge in [0.2, 0.25) is 5.91 Å². The maximum absolute atomic E-state index is 10.9. The van der Waals surface area contributed by atoms with Crippen molar-refractivity contribution in [2.24, 2.45) is 0 Å². The number of hydrogen-bond donors (Lipinski definition) is 0. The second-order valence-electron chi connectivity index (χ2n) is 2.43. The number of hydrogen-bond acceptors (Lipinski definition) is 1. The van der Waals surface area contributed by atoms with E-state index in [9.17, 15) is 4.79 Å². The number of rotatable bonds is 3. The lowest BCUT2D eigenvalue weighted by Gasteiger charge is -2.13. The Bertz CT molecular complexity index is 125. The Morgan fingerprint density at radius 1 is 1.70 bits per heavy atom. The van der Waals surface area contributed by atoms with Crippen molar-refractivity contribution in [2.45, 2.75) is 12.8 Å². The minimum Gasteiger partial charge on any atom is -0.580 e. The lowest BCUT2D eigenvalue weighted by molar-refractivity contribution is -0.128. The predicted octanol–water partition coefficient (Wildman–Crippen LogP) is -0.0716. The quantitative estimate of drug-likeness (QED) is 0.402. The summed E-state index contributed by atoms with van der Waals surface area (Å²) in [6, 6.07) is 0. The molecule has 0 aliphatic carbocycles. The molecule has 3 heteroatoms. The van der Waals surface area contributed by atoms with Gasteiger partial charge in [-0.2, -0.15) is 0 Å². The summed E-state index contributed by atoms with van der Waals surface area (Å²) < 4.78 is 3.69. The standard InChI is InChI=1S/C7H13NO2/c1-10-6-5-8-4-2-3-7(8)9/h10H,1-6H2. The summed E-state index contributed by atoms with van der Waals surface area (Å²) in [6.07, 6.45) is 1.73. The van der Waals surface area contributed by atoms with Crippen LogP contribution in [-0.2, 0) is 4.79 Å². The predicted molar refractivity (Wildman–Crippen MR) is 38.3 cm³/mol. The van der Waals surface area contributed by atoms with Crippen molar-refractivity contribution in [3.63, 3.8) is 0 Å². The fraction of sp³-hybridized carbons (Fsp3) is 0.714. The average molecular weight is 143 g/mol. The van der Waals surface area contributed by atoms with Crippen LogP contribution in [0.5, 0.6) is 0 Å². The highest BCUT2D eigenvalue weighted by Crippen LogP contribution is 2.07.